The first-order chi connectivity index (χ1) is 11.9. The molecule has 1 atom stereocenters. The summed E-state index contributed by atoms with van der Waals surface area (Å²) >= 11 is 1.69. The first kappa shape index (κ1) is 17.9. The molecule has 6 heteroatoms. The largest absolute Gasteiger partial charge is 0.492 e. The lowest BCUT2D eigenvalue weighted by molar-refractivity contribution is 0.0738. The Morgan fingerprint density at radius 2 is 2.12 bits per heavy atom. The van der Waals surface area contributed by atoms with Crippen LogP contribution in [0.2, 0.25) is 0 Å². The quantitative estimate of drug-likeness (QED) is 0.824. The third-order valence-electron chi connectivity index (χ3n) is 4.64. The lowest BCUT2D eigenvalue weighted by Crippen LogP contribution is -2.30. The van der Waals surface area contributed by atoms with Crippen LogP contribution < -0.4 is 4.74 Å². The van der Waals surface area contributed by atoms with E-state index < -0.39 is 0 Å². The Hall–Kier alpha value is -1.95. The summed E-state index contributed by atoms with van der Waals surface area (Å²) in [5, 5.41) is 1.12. The number of rotatable bonds is 4. The fraction of sp³-hybridized carbons (Fsp3) is 0.526. The van der Waals surface area contributed by atoms with E-state index in [0.29, 0.717) is 11.6 Å². The summed E-state index contributed by atoms with van der Waals surface area (Å²) in [7, 11) is 1.83. The van der Waals surface area contributed by atoms with Crippen LogP contribution in [0.4, 0.5) is 0 Å². The van der Waals surface area contributed by atoms with Gasteiger partial charge in [-0.05, 0) is 38.3 Å². The molecule has 5 nitrogen and oxygen atoms in total. The number of hydrogen-bond donors (Lipinski definition) is 0. The Labute approximate surface area is 153 Å². The predicted molar refractivity (Wildman–Crippen MR) is 99.5 cm³/mol. The Morgan fingerprint density at radius 1 is 1.36 bits per heavy atom. The van der Waals surface area contributed by atoms with Crippen molar-refractivity contribution >= 4 is 17.2 Å². The van der Waals surface area contributed by atoms with Gasteiger partial charge < -0.3 is 9.64 Å². The smallest absolute Gasteiger partial charge is 0.272 e. The molecule has 0 unspecified atom stereocenters. The maximum absolute atomic E-state index is 12.9. The highest BCUT2D eigenvalue weighted by Crippen LogP contribution is 2.32. The summed E-state index contributed by atoms with van der Waals surface area (Å²) in [5.41, 5.74) is 2.55. The highest BCUT2D eigenvalue weighted by atomic mass is 32.1. The summed E-state index contributed by atoms with van der Waals surface area (Å²) < 4.78 is 5.58. The number of hydrogen-bond acceptors (Lipinski definition) is 5. The van der Waals surface area contributed by atoms with E-state index in [1.807, 2.05) is 27.0 Å². The third-order valence-corrected chi connectivity index (χ3v) is 6.27. The molecule has 0 aliphatic carbocycles. The van der Waals surface area contributed by atoms with Crippen LogP contribution in [0.5, 0.6) is 5.75 Å². The van der Waals surface area contributed by atoms with Crippen molar-refractivity contribution in [3.8, 4) is 5.75 Å². The van der Waals surface area contributed by atoms with Gasteiger partial charge in [0.2, 0.25) is 0 Å². The highest BCUT2D eigenvalue weighted by molar-refractivity contribution is 7.11. The standard InChI is InChI=1S/C19H25N3O2S/c1-11(2)18-21-12(3)17(25-18)13(4)22(5)19(23)15-9-14-7-6-8-24-16(14)10-20-15/h9-11,13H,6-8H2,1-5H3/t13-/m0/s1. The number of fused-ring (bicyclic) bond motifs is 1. The zero-order chi connectivity index (χ0) is 18.1. The molecule has 25 heavy (non-hydrogen) atoms. The zero-order valence-electron chi connectivity index (χ0n) is 15.5. The second-order valence-corrected chi connectivity index (χ2v) is 7.94. The average molecular weight is 359 g/mol. The van der Waals surface area contributed by atoms with Crippen LogP contribution in [0.15, 0.2) is 12.3 Å². The molecule has 0 saturated carbocycles. The van der Waals surface area contributed by atoms with Gasteiger partial charge in [0, 0.05) is 17.8 Å². The van der Waals surface area contributed by atoms with Gasteiger partial charge in [-0.3, -0.25) is 4.79 Å². The predicted octanol–water partition coefficient (Wildman–Crippen LogP) is 4.13. The second kappa shape index (κ2) is 7.12. The number of thiazole rings is 1. The van der Waals surface area contributed by atoms with Crippen LogP contribution in [0.1, 0.15) is 70.8 Å². The van der Waals surface area contributed by atoms with Crippen molar-refractivity contribution in [2.24, 2.45) is 0 Å². The van der Waals surface area contributed by atoms with Crippen LogP contribution in [0, 0.1) is 6.92 Å². The fourth-order valence-corrected chi connectivity index (χ4v) is 4.13. The van der Waals surface area contributed by atoms with Crippen molar-refractivity contribution < 1.29 is 9.53 Å². The number of nitrogens with zero attached hydrogens (tertiary/aromatic N) is 3. The van der Waals surface area contributed by atoms with Crippen LogP contribution in [0.25, 0.3) is 0 Å². The molecule has 0 radical (unpaired) electrons. The Bertz CT molecular complexity index is 785. The molecule has 3 rings (SSSR count). The topological polar surface area (TPSA) is 55.3 Å². The number of ether oxygens (including phenoxy) is 1. The van der Waals surface area contributed by atoms with E-state index in [1.54, 1.807) is 22.4 Å². The SMILES string of the molecule is Cc1nc(C(C)C)sc1[C@H](C)N(C)C(=O)c1cc2c(cn1)OCCC2. The Kier molecular flexibility index (Phi) is 5.08. The van der Waals surface area contributed by atoms with E-state index in [4.69, 9.17) is 4.74 Å². The van der Waals surface area contributed by atoms with Gasteiger partial charge in [-0.2, -0.15) is 0 Å². The van der Waals surface area contributed by atoms with Gasteiger partial charge in [-0.15, -0.1) is 11.3 Å². The Morgan fingerprint density at radius 3 is 2.80 bits per heavy atom. The number of aromatic nitrogens is 2. The highest BCUT2D eigenvalue weighted by Gasteiger charge is 2.25. The maximum Gasteiger partial charge on any atom is 0.272 e. The maximum atomic E-state index is 12.9. The summed E-state index contributed by atoms with van der Waals surface area (Å²) in [4.78, 5) is 24.8. The summed E-state index contributed by atoms with van der Waals surface area (Å²) in [6.07, 6.45) is 3.59. The first-order valence-corrected chi connectivity index (χ1v) is 9.56. The number of amides is 1. The van der Waals surface area contributed by atoms with Gasteiger partial charge in [0.05, 0.1) is 29.5 Å². The third kappa shape index (κ3) is 3.54. The van der Waals surface area contributed by atoms with E-state index in [1.165, 1.54) is 0 Å². The molecular weight excluding hydrogens is 334 g/mol. The average Bonchev–Trinajstić information content (AvgIpc) is 3.01. The van der Waals surface area contributed by atoms with E-state index >= 15 is 0 Å². The molecule has 0 N–H and O–H groups in total. The van der Waals surface area contributed by atoms with Crippen LogP contribution in [-0.4, -0.2) is 34.4 Å². The van der Waals surface area contributed by atoms with Crippen molar-refractivity contribution in [1.29, 1.82) is 0 Å². The molecule has 2 aromatic rings. The van der Waals surface area contributed by atoms with Crippen LogP contribution in [-0.2, 0) is 6.42 Å². The first-order valence-electron chi connectivity index (χ1n) is 8.74. The molecule has 2 aromatic heterocycles. The second-order valence-electron chi connectivity index (χ2n) is 6.88. The van der Waals surface area contributed by atoms with Gasteiger partial charge in [0.25, 0.3) is 5.91 Å². The fourth-order valence-electron chi connectivity index (χ4n) is 2.97. The molecule has 3 heterocycles. The van der Waals surface area contributed by atoms with Crippen molar-refractivity contribution in [2.45, 2.75) is 52.5 Å². The molecule has 0 fully saturated rings. The summed E-state index contributed by atoms with van der Waals surface area (Å²) in [6.45, 7) is 9.06. The van der Waals surface area contributed by atoms with Gasteiger partial charge in [-0.1, -0.05) is 13.8 Å². The number of pyridine rings is 1. The monoisotopic (exact) mass is 359 g/mol. The van der Waals surface area contributed by atoms with E-state index in [2.05, 4.69) is 23.8 Å². The molecule has 0 bridgehead atoms. The number of aryl methyl sites for hydroxylation is 2. The van der Waals surface area contributed by atoms with E-state index in [-0.39, 0.29) is 11.9 Å². The minimum Gasteiger partial charge on any atom is -0.492 e. The van der Waals surface area contributed by atoms with Crippen molar-refractivity contribution in [3.63, 3.8) is 0 Å². The van der Waals surface area contributed by atoms with Gasteiger partial charge in [0.15, 0.2) is 0 Å². The lowest BCUT2D eigenvalue weighted by atomic mass is 10.1. The molecule has 1 aliphatic rings. The van der Waals surface area contributed by atoms with E-state index in [0.717, 1.165) is 46.3 Å². The molecule has 0 saturated heterocycles. The molecule has 0 spiro atoms. The summed E-state index contributed by atoms with van der Waals surface area (Å²) in [5.74, 6) is 1.13. The van der Waals surface area contributed by atoms with Crippen LogP contribution >= 0.6 is 11.3 Å². The minimum absolute atomic E-state index is 0.0356. The normalized spacial score (nSPS) is 14.8. The van der Waals surface area contributed by atoms with Crippen molar-refractivity contribution in [3.05, 3.63) is 39.1 Å². The summed E-state index contributed by atoms with van der Waals surface area (Å²) in [6, 6.07) is 1.84. The van der Waals surface area contributed by atoms with Gasteiger partial charge in [0.1, 0.15) is 11.4 Å². The molecule has 134 valence electrons. The zero-order valence-corrected chi connectivity index (χ0v) is 16.3. The molecule has 1 amide bonds. The van der Waals surface area contributed by atoms with Gasteiger partial charge in [-0.25, -0.2) is 9.97 Å². The van der Waals surface area contributed by atoms with Crippen molar-refractivity contribution in [1.82, 2.24) is 14.9 Å². The van der Waals surface area contributed by atoms with Crippen LogP contribution in [0.3, 0.4) is 0 Å². The lowest BCUT2D eigenvalue weighted by Gasteiger charge is -2.25. The minimum atomic E-state index is -0.0697. The van der Waals surface area contributed by atoms with Gasteiger partial charge >= 0.3 is 0 Å². The molecule has 1 aliphatic heterocycles. The Balaban J connectivity index is 1.82. The molecule has 0 aromatic carbocycles. The van der Waals surface area contributed by atoms with E-state index in [9.17, 15) is 4.79 Å². The number of carbonyl (C=O) groups is 1. The molecular formula is C19H25N3O2S. The number of carbonyl (C=O) groups excluding carboxylic acids is 1. The van der Waals surface area contributed by atoms with Crippen molar-refractivity contribution in [2.75, 3.05) is 13.7 Å².